The zero-order valence-corrected chi connectivity index (χ0v) is 16.7. The zero-order chi connectivity index (χ0) is 19.7. The molecule has 2 aliphatic carbocycles. The van der Waals surface area contributed by atoms with Crippen LogP contribution in [0.5, 0.6) is 11.5 Å². The molecule has 6 nitrogen and oxygen atoms in total. The van der Waals surface area contributed by atoms with Crippen LogP contribution >= 0.6 is 0 Å². The minimum atomic E-state index is -0.0574. The van der Waals surface area contributed by atoms with Crippen LogP contribution in [-0.4, -0.2) is 37.6 Å². The molecule has 150 valence electrons. The maximum Gasteiger partial charge on any atom is 0.238 e. The van der Waals surface area contributed by atoms with Crippen molar-refractivity contribution in [1.82, 2.24) is 4.90 Å². The van der Waals surface area contributed by atoms with Crippen molar-refractivity contribution in [3.8, 4) is 11.5 Å². The number of furan rings is 1. The first-order valence-corrected chi connectivity index (χ1v) is 9.92. The van der Waals surface area contributed by atoms with Gasteiger partial charge in [0.1, 0.15) is 23.0 Å². The fourth-order valence-corrected chi connectivity index (χ4v) is 3.63. The third-order valence-electron chi connectivity index (χ3n) is 5.61. The predicted molar refractivity (Wildman–Crippen MR) is 107 cm³/mol. The highest BCUT2D eigenvalue weighted by Gasteiger charge is 2.37. The van der Waals surface area contributed by atoms with E-state index in [0.717, 1.165) is 30.3 Å². The van der Waals surface area contributed by atoms with E-state index in [1.54, 1.807) is 32.4 Å². The first kappa shape index (κ1) is 18.9. The quantitative estimate of drug-likeness (QED) is 0.707. The molecular formula is C22H28N2O4. The molecule has 1 heterocycles. The lowest BCUT2D eigenvalue weighted by atomic mass is 10.2. The summed E-state index contributed by atoms with van der Waals surface area (Å²) < 4.78 is 16.6. The molecule has 4 rings (SSSR count). The molecule has 0 spiro atoms. The molecule has 0 saturated heterocycles. The average molecular weight is 384 g/mol. The molecule has 0 radical (unpaired) electrons. The molecule has 0 bridgehead atoms. The Kier molecular flexibility index (Phi) is 5.31. The summed E-state index contributed by atoms with van der Waals surface area (Å²) in [5.74, 6) is 4.55. The van der Waals surface area contributed by atoms with Gasteiger partial charge in [0.25, 0.3) is 0 Å². The van der Waals surface area contributed by atoms with Gasteiger partial charge in [-0.2, -0.15) is 0 Å². The normalized spacial score (nSPS) is 20.9. The van der Waals surface area contributed by atoms with E-state index in [-0.39, 0.29) is 5.91 Å². The predicted octanol–water partition coefficient (Wildman–Crippen LogP) is 4.02. The van der Waals surface area contributed by atoms with Crippen molar-refractivity contribution in [3.05, 3.63) is 41.9 Å². The zero-order valence-electron chi connectivity index (χ0n) is 16.7. The van der Waals surface area contributed by atoms with E-state index in [4.69, 9.17) is 13.9 Å². The van der Waals surface area contributed by atoms with Crippen LogP contribution in [0.2, 0.25) is 0 Å². The standard InChI is InChI=1S/C22H28N2O4/c1-14-10-18(14)20-9-7-17(28-20)12-24(15-4-5-15)13-22(25)23-19-8-6-16(26-2)11-21(19)27-3/h6-9,11,14-15,18H,4-5,10,12-13H2,1-3H3,(H,23,25). The van der Waals surface area contributed by atoms with E-state index in [2.05, 4.69) is 29.3 Å². The van der Waals surface area contributed by atoms with Gasteiger partial charge in [0.15, 0.2) is 0 Å². The summed E-state index contributed by atoms with van der Waals surface area (Å²) in [7, 11) is 3.18. The second-order valence-corrected chi connectivity index (χ2v) is 7.87. The van der Waals surface area contributed by atoms with Crippen molar-refractivity contribution in [2.45, 2.75) is 44.7 Å². The van der Waals surface area contributed by atoms with E-state index in [1.165, 1.54) is 6.42 Å². The van der Waals surface area contributed by atoms with Gasteiger partial charge in [-0.1, -0.05) is 6.92 Å². The minimum absolute atomic E-state index is 0.0574. The second-order valence-electron chi connectivity index (χ2n) is 7.87. The smallest absolute Gasteiger partial charge is 0.238 e. The summed E-state index contributed by atoms with van der Waals surface area (Å²) >= 11 is 0. The van der Waals surface area contributed by atoms with E-state index in [0.29, 0.717) is 42.2 Å². The van der Waals surface area contributed by atoms with Crippen molar-refractivity contribution >= 4 is 11.6 Å². The number of nitrogens with zero attached hydrogens (tertiary/aromatic N) is 1. The van der Waals surface area contributed by atoms with Crippen molar-refractivity contribution in [2.75, 3.05) is 26.1 Å². The number of hydrogen-bond donors (Lipinski definition) is 1. The minimum Gasteiger partial charge on any atom is -0.497 e. The van der Waals surface area contributed by atoms with Gasteiger partial charge in [0.2, 0.25) is 5.91 Å². The fourth-order valence-electron chi connectivity index (χ4n) is 3.63. The maximum absolute atomic E-state index is 12.7. The van der Waals surface area contributed by atoms with E-state index >= 15 is 0 Å². The topological polar surface area (TPSA) is 63.9 Å². The molecule has 2 atom stereocenters. The monoisotopic (exact) mass is 384 g/mol. The van der Waals surface area contributed by atoms with Crippen LogP contribution in [0.3, 0.4) is 0 Å². The van der Waals surface area contributed by atoms with Crippen LogP contribution in [0.4, 0.5) is 5.69 Å². The highest BCUT2D eigenvalue weighted by atomic mass is 16.5. The number of benzene rings is 1. The molecule has 1 aromatic heterocycles. The Morgan fingerprint density at radius 3 is 2.64 bits per heavy atom. The van der Waals surface area contributed by atoms with E-state index in [1.807, 2.05) is 0 Å². The third kappa shape index (κ3) is 4.33. The number of rotatable bonds is 9. The lowest BCUT2D eigenvalue weighted by Crippen LogP contribution is -2.34. The Bertz CT molecular complexity index is 843. The van der Waals surface area contributed by atoms with Crippen LogP contribution in [0.15, 0.2) is 34.7 Å². The second kappa shape index (κ2) is 7.87. The van der Waals surface area contributed by atoms with Crippen LogP contribution in [0.25, 0.3) is 0 Å². The number of carbonyl (C=O) groups is 1. The molecule has 2 fully saturated rings. The number of hydrogen-bond acceptors (Lipinski definition) is 5. The summed E-state index contributed by atoms with van der Waals surface area (Å²) in [6.07, 6.45) is 3.48. The van der Waals surface area contributed by atoms with Gasteiger partial charge in [0.05, 0.1) is 33.0 Å². The van der Waals surface area contributed by atoms with Crippen molar-refractivity contribution < 1.29 is 18.7 Å². The molecule has 2 aliphatic rings. The molecule has 2 saturated carbocycles. The first-order chi connectivity index (χ1) is 13.6. The Hall–Kier alpha value is -2.47. The van der Waals surface area contributed by atoms with Gasteiger partial charge < -0.3 is 19.2 Å². The Labute approximate surface area is 165 Å². The largest absolute Gasteiger partial charge is 0.497 e. The summed E-state index contributed by atoms with van der Waals surface area (Å²) in [4.78, 5) is 14.9. The van der Waals surface area contributed by atoms with Gasteiger partial charge in [-0.3, -0.25) is 9.69 Å². The number of amides is 1. The van der Waals surface area contributed by atoms with Crippen LogP contribution < -0.4 is 14.8 Å². The Balaban J connectivity index is 1.38. The number of carbonyl (C=O) groups excluding carboxylic acids is 1. The molecular weight excluding hydrogens is 356 g/mol. The van der Waals surface area contributed by atoms with Crippen LogP contribution in [-0.2, 0) is 11.3 Å². The van der Waals surface area contributed by atoms with Crippen LogP contribution in [0, 0.1) is 5.92 Å². The third-order valence-corrected chi connectivity index (χ3v) is 5.61. The summed E-state index contributed by atoms with van der Waals surface area (Å²) in [6, 6.07) is 9.97. The van der Waals surface area contributed by atoms with Crippen molar-refractivity contribution in [1.29, 1.82) is 0 Å². The lowest BCUT2D eigenvalue weighted by molar-refractivity contribution is -0.117. The highest BCUT2D eigenvalue weighted by molar-refractivity contribution is 5.93. The molecule has 1 amide bonds. The van der Waals surface area contributed by atoms with Gasteiger partial charge in [-0.05, 0) is 49.4 Å². The van der Waals surface area contributed by atoms with E-state index < -0.39 is 0 Å². The number of nitrogens with one attached hydrogen (secondary N) is 1. The molecule has 1 N–H and O–H groups in total. The van der Waals surface area contributed by atoms with Crippen molar-refractivity contribution in [2.24, 2.45) is 5.92 Å². The summed E-state index contributed by atoms with van der Waals surface area (Å²) in [5, 5.41) is 2.96. The molecule has 6 heteroatoms. The van der Waals surface area contributed by atoms with E-state index in [9.17, 15) is 4.79 Å². The Morgan fingerprint density at radius 2 is 2.00 bits per heavy atom. The lowest BCUT2D eigenvalue weighted by Gasteiger charge is -2.20. The van der Waals surface area contributed by atoms with Crippen LogP contribution in [0.1, 0.15) is 43.6 Å². The summed E-state index contributed by atoms with van der Waals surface area (Å²) in [5.41, 5.74) is 0.645. The molecule has 0 aliphatic heterocycles. The first-order valence-electron chi connectivity index (χ1n) is 9.92. The molecule has 1 aromatic carbocycles. The molecule has 2 aromatic rings. The molecule has 28 heavy (non-hydrogen) atoms. The fraction of sp³-hybridized carbons (Fsp3) is 0.500. The molecule has 2 unspecified atom stereocenters. The van der Waals surface area contributed by atoms with Gasteiger partial charge >= 0.3 is 0 Å². The van der Waals surface area contributed by atoms with Gasteiger partial charge in [0, 0.05) is 18.0 Å². The number of ether oxygens (including phenoxy) is 2. The number of methoxy groups -OCH3 is 2. The maximum atomic E-state index is 12.7. The van der Waals surface area contributed by atoms with Gasteiger partial charge in [-0.15, -0.1) is 0 Å². The SMILES string of the molecule is COc1ccc(NC(=O)CN(Cc2ccc(C3CC3C)o2)C2CC2)c(OC)c1. The average Bonchev–Trinajstić information content (AvgIpc) is 3.61. The number of anilines is 1. The highest BCUT2D eigenvalue weighted by Crippen LogP contribution is 2.47. The van der Waals surface area contributed by atoms with Crippen molar-refractivity contribution in [3.63, 3.8) is 0 Å². The van der Waals surface area contributed by atoms with Gasteiger partial charge in [-0.25, -0.2) is 0 Å². The Morgan fingerprint density at radius 1 is 1.21 bits per heavy atom. The summed E-state index contributed by atoms with van der Waals surface area (Å²) in [6.45, 7) is 3.25.